The fourth-order valence-electron chi connectivity index (χ4n) is 2.58. The smallest absolute Gasteiger partial charge is 0.269 e. The summed E-state index contributed by atoms with van der Waals surface area (Å²) in [4.78, 5) is 24.0. The van der Waals surface area contributed by atoms with Gasteiger partial charge >= 0.3 is 0 Å². The minimum Gasteiger partial charge on any atom is -0.350 e. The third-order valence-electron chi connectivity index (χ3n) is 3.97. The Labute approximate surface area is 151 Å². The number of anilines is 1. The molecule has 0 bridgehead atoms. The minimum atomic E-state index is -0.245. The molecule has 0 spiro atoms. The number of nitrogens with zero attached hydrogens (tertiary/aromatic N) is 2. The average Bonchev–Trinajstić information content (AvgIpc) is 3.09. The second kappa shape index (κ2) is 8.11. The molecule has 1 heterocycles. The van der Waals surface area contributed by atoms with Gasteiger partial charge in [-0.25, -0.2) is 0 Å². The maximum atomic E-state index is 12.0. The Hall–Kier alpha value is -3.41. The van der Waals surface area contributed by atoms with Gasteiger partial charge in [0.05, 0.1) is 0 Å². The minimum absolute atomic E-state index is 0.150. The van der Waals surface area contributed by atoms with E-state index in [0.29, 0.717) is 5.69 Å². The Morgan fingerprint density at radius 3 is 2.31 bits per heavy atom. The maximum Gasteiger partial charge on any atom is 0.269 e. The van der Waals surface area contributed by atoms with E-state index in [0.717, 1.165) is 16.8 Å². The molecule has 0 aliphatic carbocycles. The Bertz CT molecular complexity index is 886. The van der Waals surface area contributed by atoms with E-state index in [1.807, 2.05) is 54.6 Å². The number of aromatic nitrogens is 2. The molecule has 0 saturated heterocycles. The van der Waals surface area contributed by atoms with Crippen molar-refractivity contribution in [3.63, 3.8) is 0 Å². The van der Waals surface area contributed by atoms with E-state index in [9.17, 15) is 9.59 Å². The van der Waals surface area contributed by atoms with Crippen LogP contribution in [0, 0.1) is 0 Å². The first-order chi connectivity index (χ1) is 12.6. The van der Waals surface area contributed by atoms with Gasteiger partial charge in [-0.3, -0.25) is 14.3 Å². The summed E-state index contributed by atoms with van der Waals surface area (Å²) in [5.41, 5.74) is 3.41. The number of carbonyl (C=O) groups excluding carboxylic acids is 2. The molecule has 0 unspecified atom stereocenters. The molecular formula is C20H20N4O2. The highest BCUT2D eigenvalue weighted by Crippen LogP contribution is 2.20. The zero-order valence-corrected chi connectivity index (χ0v) is 14.5. The van der Waals surface area contributed by atoms with Crippen molar-refractivity contribution in [2.45, 2.75) is 6.42 Å². The number of rotatable bonds is 6. The lowest BCUT2D eigenvalue weighted by atomic mass is 10.1. The second-order valence-electron chi connectivity index (χ2n) is 5.84. The number of aryl methyl sites for hydroxylation is 1. The molecule has 0 atom stereocenters. The van der Waals surface area contributed by atoms with Crippen LogP contribution in [0.2, 0.25) is 0 Å². The molecule has 132 valence electrons. The molecule has 1 aromatic heterocycles. The van der Waals surface area contributed by atoms with Gasteiger partial charge in [0, 0.05) is 31.9 Å². The zero-order chi connectivity index (χ0) is 18.4. The van der Waals surface area contributed by atoms with Gasteiger partial charge in [-0.15, -0.1) is 0 Å². The summed E-state index contributed by atoms with van der Waals surface area (Å²) >= 11 is 0. The Morgan fingerprint density at radius 1 is 0.962 bits per heavy atom. The third kappa shape index (κ3) is 4.36. The molecule has 0 aliphatic heterocycles. The van der Waals surface area contributed by atoms with Crippen molar-refractivity contribution in [1.29, 1.82) is 0 Å². The zero-order valence-electron chi connectivity index (χ0n) is 14.5. The molecule has 2 aromatic carbocycles. The fraction of sp³-hybridized carbons (Fsp3) is 0.150. The third-order valence-corrected chi connectivity index (χ3v) is 3.97. The number of amides is 2. The van der Waals surface area contributed by atoms with Gasteiger partial charge in [0.25, 0.3) is 5.91 Å². The van der Waals surface area contributed by atoms with Crippen LogP contribution in [0.15, 0.2) is 66.9 Å². The maximum absolute atomic E-state index is 12.0. The van der Waals surface area contributed by atoms with Crippen molar-refractivity contribution in [2.24, 2.45) is 7.05 Å². The van der Waals surface area contributed by atoms with Gasteiger partial charge in [0.2, 0.25) is 5.91 Å². The lowest BCUT2D eigenvalue weighted by Gasteiger charge is -2.08. The van der Waals surface area contributed by atoms with Gasteiger partial charge in [-0.2, -0.15) is 5.10 Å². The van der Waals surface area contributed by atoms with E-state index >= 15 is 0 Å². The Morgan fingerprint density at radius 2 is 1.65 bits per heavy atom. The molecule has 6 nitrogen and oxygen atoms in total. The summed E-state index contributed by atoms with van der Waals surface area (Å²) in [5, 5.41) is 9.49. The van der Waals surface area contributed by atoms with Gasteiger partial charge in [-0.1, -0.05) is 42.5 Å². The summed E-state index contributed by atoms with van der Waals surface area (Å²) in [7, 11) is 1.70. The molecule has 0 saturated carbocycles. The molecule has 3 aromatic rings. The number of hydrogen-bond donors (Lipinski definition) is 2. The molecule has 0 aliphatic rings. The highest BCUT2D eigenvalue weighted by Gasteiger charge is 2.10. The molecule has 2 N–H and O–H groups in total. The van der Waals surface area contributed by atoms with E-state index in [4.69, 9.17) is 0 Å². The van der Waals surface area contributed by atoms with Crippen LogP contribution in [-0.4, -0.2) is 28.1 Å². The van der Waals surface area contributed by atoms with Gasteiger partial charge < -0.3 is 10.6 Å². The first-order valence-corrected chi connectivity index (χ1v) is 8.35. The number of nitrogens with one attached hydrogen (secondary N) is 2. The topological polar surface area (TPSA) is 76.0 Å². The summed E-state index contributed by atoms with van der Waals surface area (Å²) in [6.07, 6.45) is 1.75. The van der Waals surface area contributed by atoms with Gasteiger partial charge in [0.1, 0.15) is 5.69 Å². The first kappa shape index (κ1) is 17.4. The van der Waals surface area contributed by atoms with Crippen LogP contribution in [0.1, 0.15) is 16.9 Å². The van der Waals surface area contributed by atoms with E-state index in [1.54, 1.807) is 19.3 Å². The van der Waals surface area contributed by atoms with Crippen molar-refractivity contribution in [1.82, 2.24) is 15.1 Å². The standard InChI is InChI=1S/C20H20N4O2/c1-24-18(11-14-22-24)20(26)21-13-12-19(25)23-17-9-7-16(8-10-17)15-5-3-2-4-6-15/h2-11,14H,12-13H2,1H3,(H,21,26)(H,23,25). The molecule has 0 radical (unpaired) electrons. The predicted octanol–water partition coefficient (Wildman–Crippen LogP) is 2.85. The number of hydrogen-bond acceptors (Lipinski definition) is 3. The van der Waals surface area contributed by atoms with Crippen molar-refractivity contribution < 1.29 is 9.59 Å². The highest BCUT2D eigenvalue weighted by atomic mass is 16.2. The van der Waals surface area contributed by atoms with Crippen LogP contribution in [0.25, 0.3) is 11.1 Å². The van der Waals surface area contributed by atoms with Crippen LogP contribution < -0.4 is 10.6 Å². The number of benzene rings is 2. The van der Waals surface area contributed by atoms with Gasteiger partial charge in [0.15, 0.2) is 0 Å². The van der Waals surface area contributed by atoms with E-state index in [1.165, 1.54) is 4.68 Å². The second-order valence-corrected chi connectivity index (χ2v) is 5.84. The fourth-order valence-corrected chi connectivity index (χ4v) is 2.58. The molecule has 26 heavy (non-hydrogen) atoms. The predicted molar refractivity (Wildman–Crippen MR) is 101 cm³/mol. The van der Waals surface area contributed by atoms with Crippen molar-refractivity contribution >= 4 is 17.5 Å². The van der Waals surface area contributed by atoms with Gasteiger partial charge in [-0.05, 0) is 29.3 Å². The molecular weight excluding hydrogens is 328 g/mol. The van der Waals surface area contributed by atoms with Crippen LogP contribution in [-0.2, 0) is 11.8 Å². The van der Waals surface area contributed by atoms with E-state index < -0.39 is 0 Å². The quantitative estimate of drug-likeness (QED) is 0.719. The lowest BCUT2D eigenvalue weighted by molar-refractivity contribution is -0.116. The largest absolute Gasteiger partial charge is 0.350 e. The van der Waals surface area contributed by atoms with Crippen molar-refractivity contribution in [3.8, 4) is 11.1 Å². The average molecular weight is 348 g/mol. The summed E-state index contributed by atoms with van der Waals surface area (Å²) in [6, 6.07) is 19.3. The van der Waals surface area contributed by atoms with Crippen molar-refractivity contribution in [3.05, 3.63) is 72.6 Å². The van der Waals surface area contributed by atoms with E-state index in [2.05, 4.69) is 15.7 Å². The normalized spacial score (nSPS) is 10.3. The van der Waals surface area contributed by atoms with Crippen LogP contribution in [0.5, 0.6) is 0 Å². The van der Waals surface area contributed by atoms with E-state index in [-0.39, 0.29) is 24.8 Å². The summed E-state index contributed by atoms with van der Waals surface area (Å²) < 4.78 is 1.49. The number of carbonyl (C=O) groups is 2. The summed E-state index contributed by atoms with van der Waals surface area (Å²) in [5.74, 6) is -0.396. The SMILES string of the molecule is Cn1nccc1C(=O)NCCC(=O)Nc1ccc(-c2ccccc2)cc1. The van der Waals surface area contributed by atoms with Crippen LogP contribution in [0.3, 0.4) is 0 Å². The Balaban J connectivity index is 1.48. The first-order valence-electron chi connectivity index (χ1n) is 8.35. The lowest BCUT2D eigenvalue weighted by Crippen LogP contribution is -2.29. The van der Waals surface area contributed by atoms with Crippen LogP contribution >= 0.6 is 0 Å². The van der Waals surface area contributed by atoms with Crippen molar-refractivity contribution in [2.75, 3.05) is 11.9 Å². The van der Waals surface area contributed by atoms with Crippen LogP contribution in [0.4, 0.5) is 5.69 Å². The summed E-state index contributed by atoms with van der Waals surface area (Å²) in [6.45, 7) is 0.262. The molecule has 3 rings (SSSR count). The molecule has 6 heteroatoms. The molecule has 0 fully saturated rings. The monoisotopic (exact) mass is 348 g/mol. The highest BCUT2D eigenvalue weighted by molar-refractivity contribution is 5.94. The Kier molecular flexibility index (Phi) is 5.43. The molecule has 2 amide bonds.